The molecule has 0 aliphatic carbocycles. The van der Waals surface area contributed by atoms with Crippen LogP contribution in [-0.2, 0) is 0 Å². The molecule has 0 fully saturated rings. The van der Waals surface area contributed by atoms with Gasteiger partial charge < -0.3 is 4.57 Å². The molecule has 0 radical (unpaired) electrons. The predicted molar refractivity (Wildman–Crippen MR) is 122 cm³/mol. The SMILES string of the molecule is Brc1cc(Br)cc(-c2ccc(-n3c4ccccc4c4ccccc43)cc2)c1. The van der Waals surface area contributed by atoms with E-state index in [9.17, 15) is 0 Å². The van der Waals surface area contributed by atoms with Crippen molar-refractivity contribution in [2.75, 3.05) is 0 Å². The topological polar surface area (TPSA) is 4.93 Å². The lowest BCUT2D eigenvalue weighted by Gasteiger charge is -2.10. The van der Waals surface area contributed by atoms with Crippen molar-refractivity contribution in [2.24, 2.45) is 0 Å². The van der Waals surface area contributed by atoms with Crippen LogP contribution in [0.15, 0.2) is 99.9 Å². The molecule has 4 aromatic carbocycles. The van der Waals surface area contributed by atoms with Gasteiger partial charge in [-0.25, -0.2) is 0 Å². The number of hydrogen-bond donors (Lipinski definition) is 0. The van der Waals surface area contributed by atoms with Crippen LogP contribution < -0.4 is 0 Å². The quantitative estimate of drug-likeness (QED) is 0.243. The van der Waals surface area contributed by atoms with E-state index in [0.29, 0.717) is 0 Å². The third-order valence-electron chi connectivity index (χ3n) is 4.90. The summed E-state index contributed by atoms with van der Waals surface area (Å²) >= 11 is 7.15. The Bertz CT molecular complexity index is 1210. The fourth-order valence-corrected chi connectivity index (χ4v) is 5.02. The molecular formula is C24H15Br2N. The van der Waals surface area contributed by atoms with E-state index in [1.165, 1.54) is 38.6 Å². The largest absolute Gasteiger partial charge is 0.309 e. The van der Waals surface area contributed by atoms with Crippen LogP contribution in [0.5, 0.6) is 0 Å². The van der Waals surface area contributed by atoms with Crippen LogP contribution in [0.3, 0.4) is 0 Å². The molecule has 0 unspecified atom stereocenters. The minimum absolute atomic E-state index is 1.07. The number of nitrogens with zero attached hydrogens (tertiary/aromatic N) is 1. The Kier molecular flexibility index (Phi) is 4.14. The molecule has 1 nitrogen and oxygen atoms in total. The lowest BCUT2D eigenvalue weighted by molar-refractivity contribution is 1.18. The molecule has 1 heterocycles. The molecule has 0 bridgehead atoms. The van der Waals surface area contributed by atoms with Crippen LogP contribution in [0.1, 0.15) is 0 Å². The fourth-order valence-electron chi connectivity index (χ4n) is 3.72. The molecule has 0 amide bonds. The zero-order chi connectivity index (χ0) is 18.4. The van der Waals surface area contributed by atoms with Crippen LogP contribution in [-0.4, -0.2) is 4.57 Å². The molecule has 3 heteroatoms. The van der Waals surface area contributed by atoms with Gasteiger partial charge in [-0.05, 0) is 53.6 Å². The van der Waals surface area contributed by atoms with Crippen LogP contribution >= 0.6 is 31.9 Å². The first kappa shape index (κ1) is 16.8. The standard InChI is InChI=1S/C24H15Br2N/c25-18-13-17(14-19(26)15-18)16-9-11-20(12-10-16)27-23-7-3-1-5-21(23)22-6-2-4-8-24(22)27/h1-15H. The monoisotopic (exact) mass is 475 g/mol. The molecule has 0 N–H and O–H groups in total. The van der Waals surface area contributed by atoms with Gasteiger partial charge in [-0.2, -0.15) is 0 Å². The number of halogens is 2. The van der Waals surface area contributed by atoms with Crippen LogP contribution in [0, 0.1) is 0 Å². The van der Waals surface area contributed by atoms with E-state index in [-0.39, 0.29) is 0 Å². The molecule has 0 atom stereocenters. The Labute approximate surface area is 174 Å². The van der Waals surface area contributed by atoms with E-state index in [2.05, 4.69) is 127 Å². The average Bonchev–Trinajstić information content (AvgIpc) is 3.02. The highest BCUT2D eigenvalue weighted by molar-refractivity contribution is 9.11. The molecule has 0 saturated carbocycles. The van der Waals surface area contributed by atoms with E-state index in [1.807, 2.05) is 0 Å². The molecule has 5 aromatic rings. The summed E-state index contributed by atoms with van der Waals surface area (Å²) in [5.74, 6) is 0. The lowest BCUT2D eigenvalue weighted by atomic mass is 10.1. The maximum atomic E-state index is 3.58. The molecule has 0 aliphatic rings. The van der Waals surface area contributed by atoms with Crippen molar-refractivity contribution in [1.29, 1.82) is 0 Å². The Morgan fingerprint density at radius 3 is 1.59 bits per heavy atom. The predicted octanol–water partition coefficient (Wildman–Crippen LogP) is 7.98. The van der Waals surface area contributed by atoms with Crippen LogP contribution in [0.25, 0.3) is 38.6 Å². The Hall–Kier alpha value is -2.36. The Balaban J connectivity index is 1.69. The highest BCUT2D eigenvalue weighted by Crippen LogP contribution is 2.33. The number of aromatic nitrogens is 1. The first-order chi connectivity index (χ1) is 13.2. The van der Waals surface area contributed by atoms with Gasteiger partial charge in [0.25, 0.3) is 0 Å². The van der Waals surface area contributed by atoms with Gasteiger partial charge in [-0.3, -0.25) is 0 Å². The van der Waals surface area contributed by atoms with Crippen molar-refractivity contribution in [1.82, 2.24) is 4.57 Å². The number of para-hydroxylation sites is 2. The molecule has 0 aliphatic heterocycles. The smallest absolute Gasteiger partial charge is 0.0541 e. The van der Waals surface area contributed by atoms with Gasteiger partial charge >= 0.3 is 0 Å². The van der Waals surface area contributed by atoms with E-state index in [0.717, 1.165) is 8.95 Å². The number of benzene rings is 4. The summed E-state index contributed by atoms with van der Waals surface area (Å²) in [6.45, 7) is 0. The zero-order valence-electron chi connectivity index (χ0n) is 14.4. The summed E-state index contributed by atoms with van der Waals surface area (Å²) in [5, 5.41) is 2.57. The van der Waals surface area contributed by atoms with Gasteiger partial charge in [0.2, 0.25) is 0 Å². The van der Waals surface area contributed by atoms with Crippen molar-refractivity contribution in [3.05, 3.63) is 99.9 Å². The van der Waals surface area contributed by atoms with Gasteiger partial charge in [0.1, 0.15) is 0 Å². The summed E-state index contributed by atoms with van der Waals surface area (Å²) in [5.41, 5.74) is 6.02. The van der Waals surface area contributed by atoms with Gasteiger partial charge in [-0.1, -0.05) is 80.4 Å². The second kappa shape index (κ2) is 6.66. The normalized spacial score (nSPS) is 11.3. The van der Waals surface area contributed by atoms with Crippen molar-refractivity contribution < 1.29 is 0 Å². The molecule has 0 saturated heterocycles. The van der Waals surface area contributed by atoms with Gasteiger partial charge in [0, 0.05) is 25.4 Å². The Morgan fingerprint density at radius 1 is 0.519 bits per heavy atom. The maximum Gasteiger partial charge on any atom is 0.0541 e. The zero-order valence-corrected chi connectivity index (χ0v) is 17.5. The summed E-state index contributed by atoms with van der Waals surface area (Å²) in [7, 11) is 0. The maximum absolute atomic E-state index is 3.58. The first-order valence-corrected chi connectivity index (χ1v) is 10.3. The highest BCUT2D eigenvalue weighted by atomic mass is 79.9. The molecule has 1 aromatic heterocycles. The minimum atomic E-state index is 1.07. The summed E-state index contributed by atoms with van der Waals surface area (Å²) in [4.78, 5) is 0. The van der Waals surface area contributed by atoms with Gasteiger partial charge in [-0.15, -0.1) is 0 Å². The first-order valence-electron chi connectivity index (χ1n) is 8.76. The highest BCUT2D eigenvalue weighted by Gasteiger charge is 2.11. The number of rotatable bonds is 2. The molecule has 27 heavy (non-hydrogen) atoms. The third-order valence-corrected chi connectivity index (χ3v) is 5.82. The van der Waals surface area contributed by atoms with E-state index >= 15 is 0 Å². The van der Waals surface area contributed by atoms with Gasteiger partial charge in [0.05, 0.1) is 11.0 Å². The number of fused-ring (bicyclic) bond motifs is 3. The van der Waals surface area contributed by atoms with E-state index in [1.54, 1.807) is 0 Å². The average molecular weight is 477 g/mol. The fraction of sp³-hybridized carbons (Fsp3) is 0. The summed E-state index contributed by atoms with van der Waals surface area (Å²) in [6, 6.07) is 32.3. The second-order valence-electron chi connectivity index (χ2n) is 6.57. The van der Waals surface area contributed by atoms with E-state index in [4.69, 9.17) is 0 Å². The summed E-state index contributed by atoms with van der Waals surface area (Å²) < 4.78 is 4.47. The second-order valence-corrected chi connectivity index (χ2v) is 8.41. The van der Waals surface area contributed by atoms with Crippen molar-refractivity contribution in [2.45, 2.75) is 0 Å². The molecule has 130 valence electrons. The van der Waals surface area contributed by atoms with Crippen molar-refractivity contribution in [3.8, 4) is 16.8 Å². The van der Waals surface area contributed by atoms with E-state index < -0.39 is 0 Å². The summed E-state index contributed by atoms with van der Waals surface area (Å²) in [6.07, 6.45) is 0. The minimum Gasteiger partial charge on any atom is -0.309 e. The van der Waals surface area contributed by atoms with Crippen LogP contribution in [0.4, 0.5) is 0 Å². The van der Waals surface area contributed by atoms with Crippen molar-refractivity contribution in [3.63, 3.8) is 0 Å². The third kappa shape index (κ3) is 2.91. The van der Waals surface area contributed by atoms with Crippen LogP contribution in [0.2, 0.25) is 0 Å². The Morgan fingerprint density at radius 2 is 1.04 bits per heavy atom. The molecule has 0 spiro atoms. The molecule has 5 rings (SSSR count). The van der Waals surface area contributed by atoms with Gasteiger partial charge in [0.15, 0.2) is 0 Å². The molecular weight excluding hydrogens is 462 g/mol. The number of hydrogen-bond acceptors (Lipinski definition) is 0. The van der Waals surface area contributed by atoms with Crippen molar-refractivity contribution >= 4 is 53.7 Å². The lowest BCUT2D eigenvalue weighted by Crippen LogP contribution is -1.93.